The average Bonchev–Trinajstić information content (AvgIpc) is 3.29. The minimum absolute atomic E-state index is 0.129. The number of carbonyl (C=O) groups is 1. The molecule has 35 heavy (non-hydrogen) atoms. The highest BCUT2D eigenvalue weighted by Crippen LogP contribution is 2.35. The van der Waals surface area contributed by atoms with Gasteiger partial charge in [-0.2, -0.15) is 18.4 Å². The zero-order valence-electron chi connectivity index (χ0n) is 19.0. The molecular weight excluding hydrogens is 461 g/mol. The van der Waals surface area contributed by atoms with E-state index in [4.69, 9.17) is 14.4 Å². The number of aryl methyl sites for hydroxylation is 1. The molecule has 1 amide bonds. The maximum atomic E-state index is 13.5. The van der Waals surface area contributed by atoms with Crippen LogP contribution in [0, 0.1) is 18.3 Å². The van der Waals surface area contributed by atoms with Gasteiger partial charge in [-0.15, -0.1) is 0 Å². The first kappa shape index (κ1) is 24.3. The molecule has 0 saturated carbocycles. The molecule has 7 nitrogen and oxygen atoms in total. The molecule has 3 aromatic rings. The number of hydrogen-bond donors (Lipinski definition) is 0. The third-order valence-corrected chi connectivity index (χ3v) is 5.90. The van der Waals surface area contributed by atoms with Gasteiger partial charge in [0, 0.05) is 25.3 Å². The first-order valence-electron chi connectivity index (χ1n) is 11.0. The number of amides is 1. The molecule has 1 fully saturated rings. The van der Waals surface area contributed by atoms with Crippen LogP contribution in [0.1, 0.15) is 32.9 Å². The quantitative estimate of drug-likeness (QED) is 0.515. The first-order chi connectivity index (χ1) is 16.8. The van der Waals surface area contributed by atoms with Crippen LogP contribution < -0.4 is 4.90 Å². The lowest BCUT2D eigenvalue weighted by atomic mass is 10.0. The van der Waals surface area contributed by atoms with Gasteiger partial charge < -0.3 is 19.0 Å². The minimum Gasteiger partial charge on any atom is -0.438 e. The Labute approximate surface area is 200 Å². The number of nitriles is 1. The topological polar surface area (TPSA) is 82.6 Å². The molecule has 1 saturated heterocycles. The fourth-order valence-corrected chi connectivity index (χ4v) is 4.09. The molecule has 0 N–H and O–H groups in total. The molecule has 10 heteroatoms. The fraction of sp³-hybridized carbons (Fsp3) is 0.320. The molecule has 182 valence electrons. The number of benzene rings is 2. The van der Waals surface area contributed by atoms with Crippen molar-refractivity contribution in [3.8, 4) is 6.07 Å². The summed E-state index contributed by atoms with van der Waals surface area (Å²) in [6.45, 7) is 2.97. The maximum absolute atomic E-state index is 13.5. The predicted octanol–water partition coefficient (Wildman–Crippen LogP) is 4.42. The van der Waals surface area contributed by atoms with Crippen LogP contribution in [0.15, 0.2) is 59.3 Å². The Kier molecular flexibility index (Phi) is 7.07. The summed E-state index contributed by atoms with van der Waals surface area (Å²) in [4.78, 5) is 20.5. The van der Waals surface area contributed by atoms with Crippen LogP contribution >= 0.6 is 0 Å². The van der Waals surface area contributed by atoms with Crippen molar-refractivity contribution >= 4 is 11.6 Å². The summed E-state index contributed by atoms with van der Waals surface area (Å²) < 4.78 is 51.6. The maximum Gasteiger partial charge on any atom is 0.417 e. The summed E-state index contributed by atoms with van der Waals surface area (Å²) in [5, 5.41) is 9.09. The third-order valence-electron chi connectivity index (χ3n) is 5.90. The van der Waals surface area contributed by atoms with Gasteiger partial charge in [0.05, 0.1) is 42.1 Å². The molecule has 1 aliphatic heterocycles. The van der Waals surface area contributed by atoms with E-state index in [9.17, 15) is 18.0 Å². The number of nitrogens with zero attached hydrogens (tertiary/aromatic N) is 4. The van der Waals surface area contributed by atoms with Gasteiger partial charge in [-0.25, -0.2) is 4.98 Å². The van der Waals surface area contributed by atoms with E-state index < -0.39 is 23.3 Å². The minimum atomic E-state index is -4.65. The normalized spacial score (nSPS) is 16.3. The highest BCUT2D eigenvalue weighted by molar-refractivity contribution is 5.92. The van der Waals surface area contributed by atoms with Gasteiger partial charge >= 0.3 is 6.18 Å². The van der Waals surface area contributed by atoms with E-state index in [1.165, 1.54) is 18.5 Å². The highest BCUT2D eigenvalue weighted by atomic mass is 19.4. The largest absolute Gasteiger partial charge is 0.438 e. The van der Waals surface area contributed by atoms with E-state index in [0.29, 0.717) is 24.5 Å². The molecule has 1 unspecified atom stereocenters. The van der Waals surface area contributed by atoms with Gasteiger partial charge in [0.2, 0.25) is 5.76 Å². The van der Waals surface area contributed by atoms with Crippen LogP contribution in [0.25, 0.3) is 0 Å². The van der Waals surface area contributed by atoms with Crippen molar-refractivity contribution in [1.29, 1.82) is 5.26 Å². The third kappa shape index (κ3) is 5.46. The zero-order valence-corrected chi connectivity index (χ0v) is 19.0. The van der Waals surface area contributed by atoms with Crippen molar-refractivity contribution in [2.24, 2.45) is 0 Å². The number of carbonyl (C=O) groups excluding carboxylic acids is 1. The van der Waals surface area contributed by atoms with Crippen molar-refractivity contribution in [1.82, 2.24) is 9.88 Å². The van der Waals surface area contributed by atoms with E-state index in [2.05, 4.69) is 4.98 Å². The molecule has 4 rings (SSSR count). The van der Waals surface area contributed by atoms with Crippen molar-refractivity contribution in [3.05, 3.63) is 83.1 Å². The number of ether oxygens (including phenoxy) is 1. The second kappa shape index (κ2) is 10.2. The van der Waals surface area contributed by atoms with Crippen molar-refractivity contribution < 1.29 is 27.1 Å². The Morgan fingerprint density at radius 1 is 1.23 bits per heavy atom. The van der Waals surface area contributed by atoms with Crippen LogP contribution in [-0.2, 0) is 17.5 Å². The average molecular weight is 484 g/mol. The number of piperazine rings is 1. The standard InChI is InChI=1S/C25H23F3N4O3/c1-17-23(35-16-30-17)24(33)32-10-9-31(13-21(32)15-34-14-18-5-3-2-4-6-18)20-8-7-19(12-29)22(11-20)25(26,27)28/h2-8,11,16,21H,9-10,13-15H2,1H3. The van der Waals surface area contributed by atoms with Crippen molar-refractivity contribution in [2.45, 2.75) is 25.7 Å². The lowest BCUT2D eigenvalue weighted by molar-refractivity contribution is -0.137. The van der Waals surface area contributed by atoms with Gasteiger partial charge in [0.25, 0.3) is 5.91 Å². The summed E-state index contributed by atoms with van der Waals surface area (Å²) >= 11 is 0. The fourth-order valence-electron chi connectivity index (χ4n) is 4.09. The van der Waals surface area contributed by atoms with E-state index in [1.54, 1.807) is 22.8 Å². The van der Waals surface area contributed by atoms with E-state index in [-0.39, 0.29) is 31.4 Å². The summed E-state index contributed by atoms with van der Waals surface area (Å²) in [5.74, 6) is -0.215. The number of halogens is 3. The predicted molar refractivity (Wildman–Crippen MR) is 121 cm³/mol. The van der Waals surface area contributed by atoms with Gasteiger partial charge in [-0.1, -0.05) is 30.3 Å². The summed E-state index contributed by atoms with van der Waals surface area (Å²) in [7, 11) is 0. The van der Waals surface area contributed by atoms with E-state index in [1.807, 2.05) is 30.3 Å². The Bertz CT molecular complexity index is 1220. The van der Waals surface area contributed by atoms with Crippen LogP contribution in [0.4, 0.5) is 18.9 Å². The number of oxazole rings is 1. The summed E-state index contributed by atoms with van der Waals surface area (Å²) in [5.41, 5.74) is 0.338. The second-order valence-corrected chi connectivity index (χ2v) is 8.21. The van der Waals surface area contributed by atoms with E-state index >= 15 is 0 Å². The van der Waals surface area contributed by atoms with Gasteiger partial charge in [-0.3, -0.25) is 4.79 Å². The van der Waals surface area contributed by atoms with Gasteiger partial charge in [0.1, 0.15) is 0 Å². The van der Waals surface area contributed by atoms with Gasteiger partial charge in [0.15, 0.2) is 6.39 Å². The molecule has 2 aromatic carbocycles. The molecule has 1 atom stereocenters. The molecular formula is C25H23F3N4O3. The SMILES string of the molecule is Cc1ncoc1C(=O)N1CCN(c2ccc(C#N)c(C(F)(F)F)c2)CC1COCc1ccccc1. The summed E-state index contributed by atoms with van der Waals surface area (Å²) in [6, 6.07) is 14.3. The molecule has 0 bridgehead atoms. The smallest absolute Gasteiger partial charge is 0.417 e. The van der Waals surface area contributed by atoms with Crippen LogP contribution in [0.3, 0.4) is 0 Å². The number of rotatable bonds is 6. The Hall–Kier alpha value is -3.84. The monoisotopic (exact) mass is 484 g/mol. The first-order valence-corrected chi connectivity index (χ1v) is 11.0. The second-order valence-electron chi connectivity index (χ2n) is 8.21. The number of anilines is 1. The van der Waals surface area contributed by atoms with Crippen LogP contribution in [0.5, 0.6) is 0 Å². The molecule has 0 aliphatic carbocycles. The zero-order chi connectivity index (χ0) is 25.0. The highest BCUT2D eigenvalue weighted by Gasteiger charge is 2.36. The van der Waals surface area contributed by atoms with E-state index in [0.717, 1.165) is 11.6 Å². The van der Waals surface area contributed by atoms with Crippen LogP contribution in [-0.4, -0.2) is 48.1 Å². The number of aromatic nitrogens is 1. The van der Waals surface area contributed by atoms with Gasteiger partial charge in [-0.05, 0) is 30.7 Å². The lowest BCUT2D eigenvalue weighted by Crippen LogP contribution is -2.57. The molecule has 0 spiro atoms. The Morgan fingerprint density at radius 3 is 2.66 bits per heavy atom. The molecule has 0 radical (unpaired) electrons. The molecule has 2 heterocycles. The summed E-state index contributed by atoms with van der Waals surface area (Å²) in [6.07, 6.45) is -3.45. The van der Waals surface area contributed by atoms with Crippen molar-refractivity contribution in [2.75, 3.05) is 31.1 Å². The Morgan fingerprint density at radius 2 is 2.00 bits per heavy atom. The molecule has 1 aliphatic rings. The Balaban J connectivity index is 1.56. The van der Waals surface area contributed by atoms with Crippen LogP contribution in [0.2, 0.25) is 0 Å². The van der Waals surface area contributed by atoms with Crippen molar-refractivity contribution in [3.63, 3.8) is 0 Å². The molecule has 1 aromatic heterocycles. The lowest BCUT2D eigenvalue weighted by Gasteiger charge is -2.42. The number of alkyl halides is 3. The number of hydrogen-bond acceptors (Lipinski definition) is 6.